The smallest absolute Gasteiger partial charge is 0.0931 e. The van der Waals surface area contributed by atoms with Crippen molar-refractivity contribution in [3.63, 3.8) is 0 Å². The Balaban J connectivity index is 2.28. The molecule has 0 amide bonds. The van der Waals surface area contributed by atoms with Gasteiger partial charge in [-0.1, -0.05) is 17.7 Å². The van der Waals surface area contributed by atoms with Gasteiger partial charge in [-0.2, -0.15) is 0 Å². The molecule has 0 radical (unpaired) electrons. The lowest BCUT2D eigenvalue weighted by Crippen LogP contribution is -2.08. The third-order valence-corrected chi connectivity index (χ3v) is 3.86. The zero-order valence-corrected chi connectivity index (χ0v) is 9.12. The van der Waals surface area contributed by atoms with Crippen molar-refractivity contribution in [3.8, 4) is 0 Å². The zero-order valence-electron chi connectivity index (χ0n) is 6.74. The summed E-state index contributed by atoms with van der Waals surface area (Å²) in [6.45, 7) is 0. The van der Waals surface area contributed by atoms with Crippen LogP contribution in [0.1, 0.15) is 16.5 Å². The van der Waals surface area contributed by atoms with E-state index >= 15 is 0 Å². The topological polar surface area (TPSA) is 26.0 Å². The van der Waals surface area contributed by atoms with E-state index in [0.717, 1.165) is 9.90 Å². The number of halogens is 1. The summed E-state index contributed by atoms with van der Waals surface area (Å²) in [6.07, 6.45) is 0. The van der Waals surface area contributed by atoms with Crippen molar-refractivity contribution in [1.29, 1.82) is 0 Å². The first-order valence-corrected chi connectivity index (χ1v) is 5.94. The molecule has 1 unspecified atom stereocenters. The van der Waals surface area contributed by atoms with Gasteiger partial charge in [0.1, 0.15) is 0 Å². The van der Waals surface area contributed by atoms with E-state index < -0.39 is 0 Å². The summed E-state index contributed by atoms with van der Waals surface area (Å²) in [7, 11) is 0. The largest absolute Gasteiger partial charge is 0.320 e. The Hall–Kier alpha value is -0.350. The van der Waals surface area contributed by atoms with E-state index in [1.54, 1.807) is 11.3 Å². The van der Waals surface area contributed by atoms with E-state index in [1.807, 2.05) is 29.0 Å². The second kappa shape index (κ2) is 3.80. The van der Waals surface area contributed by atoms with Gasteiger partial charge in [0.2, 0.25) is 0 Å². The molecule has 0 saturated carbocycles. The molecule has 0 aliphatic rings. The second-order valence-corrected chi connectivity index (χ2v) is 5.20. The van der Waals surface area contributed by atoms with Crippen LogP contribution in [0.15, 0.2) is 29.0 Å². The van der Waals surface area contributed by atoms with E-state index in [0.29, 0.717) is 0 Å². The average molecular weight is 230 g/mol. The first-order valence-electron chi connectivity index (χ1n) is 3.80. The highest BCUT2D eigenvalue weighted by molar-refractivity contribution is 7.14. The van der Waals surface area contributed by atoms with Crippen LogP contribution in [0.2, 0.25) is 4.34 Å². The highest BCUT2D eigenvalue weighted by Gasteiger charge is 2.10. The molecule has 2 aromatic rings. The van der Waals surface area contributed by atoms with Gasteiger partial charge in [-0.05, 0) is 28.5 Å². The molecule has 4 heteroatoms. The summed E-state index contributed by atoms with van der Waals surface area (Å²) in [5.41, 5.74) is 7.13. The maximum Gasteiger partial charge on any atom is 0.0931 e. The van der Waals surface area contributed by atoms with Gasteiger partial charge in [0.15, 0.2) is 0 Å². The Morgan fingerprint density at radius 3 is 2.77 bits per heavy atom. The molecular formula is C9H8ClNS2. The lowest BCUT2D eigenvalue weighted by Gasteiger charge is -2.05. The van der Waals surface area contributed by atoms with Gasteiger partial charge < -0.3 is 5.73 Å². The molecule has 2 heterocycles. The molecule has 0 aromatic carbocycles. The lowest BCUT2D eigenvalue weighted by atomic mass is 10.1. The SMILES string of the molecule is NC(c1csc(Cl)c1)c1cccs1. The van der Waals surface area contributed by atoms with E-state index in [-0.39, 0.29) is 6.04 Å². The summed E-state index contributed by atoms with van der Waals surface area (Å²) in [5.74, 6) is 0. The van der Waals surface area contributed by atoms with Crippen molar-refractivity contribution in [2.24, 2.45) is 5.73 Å². The third-order valence-electron chi connectivity index (χ3n) is 1.80. The Bertz CT molecular complexity index is 380. The maximum absolute atomic E-state index is 6.03. The standard InChI is InChI=1S/C9H8ClNS2/c10-8-4-6(5-13-8)9(11)7-2-1-3-12-7/h1-5,9H,11H2. The number of hydrogen-bond acceptors (Lipinski definition) is 3. The second-order valence-electron chi connectivity index (χ2n) is 2.68. The highest BCUT2D eigenvalue weighted by atomic mass is 35.5. The molecule has 68 valence electrons. The Morgan fingerprint density at radius 1 is 1.38 bits per heavy atom. The molecule has 0 spiro atoms. The molecule has 0 aliphatic heterocycles. The van der Waals surface area contributed by atoms with Crippen molar-refractivity contribution < 1.29 is 0 Å². The first kappa shape index (κ1) is 9.21. The third kappa shape index (κ3) is 1.94. The van der Waals surface area contributed by atoms with Crippen molar-refractivity contribution in [2.45, 2.75) is 6.04 Å². The minimum atomic E-state index is -0.0243. The van der Waals surface area contributed by atoms with Gasteiger partial charge in [-0.15, -0.1) is 22.7 Å². The molecule has 13 heavy (non-hydrogen) atoms. The number of thiophene rings is 2. The lowest BCUT2D eigenvalue weighted by molar-refractivity contribution is 0.899. The van der Waals surface area contributed by atoms with Gasteiger partial charge in [-0.25, -0.2) is 0 Å². The summed E-state index contributed by atoms with van der Waals surface area (Å²) in [5, 5.41) is 4.04. The van der Waals surface area contributed by atoms with Crippen molar-refractivity contribution in [1.82, 2.24) is 0 Å². The fourth-order valence-corrected chi connectivity index (χ4v) is 2.80. The summed E-state index contributed by atoms with van der Waals surface area (Å²) >= 11 is 9.02. The molecule has 0 bridgehead atoms. The van der Waals surface area contributed by atoms with E-state index in [1.165, 1.54) is 16.2 Å². The van der Waals surface area contributed by atoms with E-state index in [2.05, 4.69) is 0 Å². The molecule has 0 aliphatic carbocycles. The Labute approximate surface area is 89.8 Å². The van der Waals surface area contributed by atoms with E-state index in [9.17, 15) is 0 Å². The Morgan fingerprint density at radius 2 is 2.23 bits per heavy atom. The quantitative estimate of drug-likeness (QED) is 0.838. The zero-order chi connectivity index (χ0) is 9.26. The van der Waals surface area contributed by atoms with Crippen molar-refractivity contribution in [2.75, 3.05) is 0 Å². The fourth-order valence-electron chi connectivity index (χ4n) is 1.12. The van der Waals surface area contributed by atoms with Gasteiger partial charge >= 0.3 is 0 Å². The molecule has 0 fully saturated rings. The number of nitrogens with two attached hydrogens (primary N) is 1. The van der Waals surface area contributed by atoms with Crippen LogP contribution in [0.4, 0.5) is 0 Å². The number of rotatable bonds is 2. The molecule has 0 saturated heterocycles. The van der Waals surface area contributed by atoms with Gasteiger partial charge in [0.05, 0.1) is 10.4 Å². The summed E-state index contributed by atoms with van der Waals surface area (Å²) < 4.78 is 0.794. The minimum Gasteiger partial charge on any atom is -0.320 e. The van der Waals surface area contributed by atoms with Crippen LogP contribution in [0.3, 0.4) is 0 Å². The van der Waals surface area contributed by atoms with Crippen LogP contribution in [0, 0.1) is 0 Å². The molecule has 2 aromatic heterocycles. The van der Waals surface area contributed by atoms with Crippen molar-refractivity contribution in [3.05, 3.63) is 43.7 Å². The minimum absolute atomic E-state index is 0.0243. The van der Waals surface area contributed by atoms with Crippen LogP contribution in [-0.4, -0.2) is 0 Å². The molecule has 2 N–H and O–H groups in total. The van der Waals surface area contributed by atoms with Crippen LogP contribution < -0.4 is 5.73 Å². The molecule has 1 atom stereocenters. The predicted molar refractivity (Wildman–Crippen MR) is 59.7 cm³/mol. The van der Waals surface area contributed by atoms with Crippen LogP contribution in [0.5, 0.6) is 0 Å². The fraction of sp³-hybridized carbons (Fsp3) is 0.111. The van der Waals surface area contributed by atoms with Crippen LogP contribution >= 0.6 is 34.3 Å². The van der Waals surface area contributed by atoms with Crippen molar-refractivity contribution >= 4 is 34.3 Å². The summed E-state index contributed by atoms with van der Waals surface area (Å²) in [6, 6.07) is 5.95. The average Bonchev–Trinajstić information content (AvgIpc) is 2.72. The molecule has 2 rings (SSSR count). The highest BCUT2D eigenvalue weighted by Crippen LogP contribution is 2.29. The van der Waals surface area contributed by atoms with Gasteiger partial charge in [0, 0.05) is 4.88 Å². The van der Waals surface area contributed by atoms with Gasteiger partial charge in [0.25, 0.3) is 0 Å². The predicted octanol–water partition coefficient (Wildman–Crippen LogP) is 3.51. The van der Waals surface area contributed by atoms with E-state index in [4.69, 9.17) is 17.3 Å². The summed E-state index contributed by atoms with van der Waals surface area (Å²) in [4.78, 5) is 1.18. The first-order chi connectivity index (χ1) is 6.27. The monoisotopic (exact) mass is 229 g/mol. The number of hydrogen-bond donors (Lipinski definition) is 1. The Kier molecular flexibility index (Phi) is 2.69. The maximum atomic E-state index is 6.03. The van der Waals surface area contributed by atoms with Crippen LogP contribution in [0.25, 0.3) is 0 Å². The molecule has 1 nitrogen and oxygen atoms in total. The molecular weight excluding hydrogens is 222 g/mol. The van der Waals surface area contributed by atoms with Crippen LogP contribution in [-0.2, 0) is 0 Å². The van der Waals surface area contributed by atoms with Gasteiger partial charge in [-0.3, -0.25) is 0 Å². The normalized spacial score (nSPS) is 13.1.